The van der Waals surface area contributed by atoms with Gasteiger partial charge in [0.1, 0.15) is 0 Å². The molecule has 1 aromatic rings. The Labute approximate surface area is 151 Å². The highest BCUT2D eigenvalue weighted by atomic mass is 16.4. The van der Waals surface area contributed by atoms with Crippen LogP contribution in [0.3, 0.4) is 0 Å². The Bertz CT molecular complexity index is 727. The number of aliphatic carboxylic acids is 2. The number of carboxylic acid groups (broad SMARTS) is 2. The van der Waals surface area contributed by atoms with Gasteiger partial charge in [-0.2, -0.15) is 0 Å². The third-order valence-corrected chi connectivity index (χ3v) is 4.51. The summed E-state index contributed by atoms with van der Waals surface area (Å²) in [5.74, 6) is -2.91. The summed E-state index contributed by atoms with van der Waals surface area (Å²) in [6, 6.07) is 4.86. The molecule has 26 heavy (non-hydrogen) atoms. The van der Waals surface area contributed by atoms with Gasteiger partial charge in [0, 0.05) is 13.0 Å². The first-order valence-corrected chi connectivity index (χ1v) is 8.70. The number of amides is 2. The summed E-state index contributed by atoms with van der Waals surface area (Å²) in [5, 5.41) is 18.0. The summed E-state index contributed by atoms with van der Waals surface area (Å²) in [4.78, 5) is 47.8. The lowest BCUT2D eigenvalue weighted by Gasteiger charge is -2.15. The van der Waals surface area contributed by atoms with Crippen molar-refractivity contribution < 1.29 is 29.4 Å². The SMILES string of the molecule is CCCCN1C(=O)CC(Cc2ccc(CC(=O)O)cc2CC(=O)O)C1=O. The molecule has 7 nitrogen and oxygen atoms in total. The molecule has 1 fully saturated rings. The monoisotopic (exact) mass is 361 g/mol. The number of likely N-dealkylation sites (tertiary alicyclic amines) is 1. The Hall–Kier alpha value is -2.70. The molecule has 2 N–H and O–H groups in total. The van der Waals surface area contributed by atoms with Gasteiger partial charge in [0.05, 0.1) is 18.8 Å². The first-order chi connectivity index (χ1) is 12.3. The zero-order valence-electron chi connectivity index (χ0n) is 14.7. The lowest BCUT2D eigenvalue weighted by molar-refractivity contribution is -0.140. The molecule has 0 aliphatic carbocycles. The third kappa shape index (κ3) is 4.91. The van der Waals surface area contributed by atoms with Crippen molar-refractivity contribution in [3.05, 3.63) is 34.9 Å². The van der Waals surface area contributed by atoms with E-state index in [4.69, 9.17) is 10.2 Å². The summed E-state index contributed by atoms with van der Waals surface area (Å²) in [6.45, 7) is 2.41. The summed E-state index contributed by atoms with van der Waals surface area (Å²) in [5.41, 5.74) is 1.67. The summed E-state index contributed by atoms with van der Waals surface area (Å²) < 4.78 is 0. The van der Waals surface area contributed by atoms with Crippen LogP contribution in [0.1, 0.15) is 42.9 Å². The highest BCUT2D eigenvalue weighted by Crippen LogP contribution is 2.26. The Morgan fingerprint density at radius 1 is 1.12 bits per heavy atom. The molecule has 1 atom stereocenters. The number of carbonyl (C=O) groups excluding carboxylic acids is 2. The van der Waals surface area contributed by atoms with Crippen molar-refractivity contribution in [3.8, 4) is 0 Å². The van der Waals surface area contributed by atoms with Gasteiger partial charge in [-0.25, -0.2) is 0 Å². The fraction of sp³-hybridized carbons (Fsp3) is 0.474. The van der Waals surface area contributed by atoms with Crippen LogP contribution in [0.25, 0.3) is 0 Å². The quantitative estimate of drug-likeness (QED) is 0.647. The average molecular weight is 361 g/mol. The van der Waals surface area contributed by atoms with Crippen LogP contribution in [0.4, 0.5) is 0 Å². The van der Waals surface area contributed by atoms with E-state index in [-0.39, 0.29) is 37.5 Å². The molecular formula is C19H23NO6. The van der Waals surface area contributed by atoms with Gasteiger partial charge in [0.15, 0.2) is 0 Å². The summed E-state index contributed by atoms with van der Waals surface area (Å²) in [6.07, 6.45) is 1.61. The minimum Gasteiger partial charge on any atom is -0.481 e. The fourth-order valence-corrected chi connectivity index (χ4v) is 3.22. The standard InChI is InChI=1S/C19H23NO6/c1-2-3-6-20-16(21)10-15(19(20)26)9-13-5-4-12(8-17(22)23)7-14(13)11-18(24)25/h4-5,7,15H,2-3,6,8-11H2,1H3,(H,22,23)(H,24,25). The largest absolute Gasteiger partial charge is 0.481 e. The second-order valence-electron chi connectivity index (χ2n) is 6.59. The third-order valence-electron chi connectivity index (χ3n) is 4.51. The second-order valence-corrected chi connectivity index (χ2v) is 6.59. The normalized spacial score (nSPS) is 17.0. The van der Waals surface area contributed by atoms with Crippen LogP contribution in [0.15, 0.2) is 18.2 Å². The fourth-order valence-electron chi connectivity index (χ4n) is 3.22. The van der Waals surface area contributed by atoms with Crippen LogP contribution < -0.4 is 0 Å². The number of hydrogen-bond donors (Lipinski definition) is 2. The van der Waals surface area contributed by atoms with Crippen molar-refractivity contribution in [3.63, 3.8) is 0 Å². The van der Waals surface area contributed by atoms with E-state index >= 15 is 0 Å². The predicted molar refractivity (Wildman–Crippen MR) is 92.6 cm³/mol. The first-order valence-electron chi connectivity index (χ1n) is 8.70. The van der Waals surface area contributed by atoms with Gasteiger partial charge < -0.3 is 10.2 Å². The second kappa shape index (κ2) is 8.60. The number of benzene rings is 1. The zero-order valence-corrected chi connectivity index (χ0v) is 14.7. The lowest BCUT2D eigenvalue weighted by Crippen LogP contribution is -2.32. The molecular weight excluding hydrogens is 338 g/mol. The average Bonchev–Trinajstić information content (AvgIpc) is 2.81. The smallest absolute Gasteiger partial charge is 0.307 e. The van der Waals surface area contributed by atoms with Gasteiger partial charge in [-0.05, 0) is 29.5 Å². The van der Waals surface area contributed by atoms with Crippen molar-refractivity contribution in [1.82, 2.24) is 4.90 Å². The van der Waals surface area contributed by atoms with Crippen LogP contribution in [-0.4, -0.2) is 45.4 Å². The first kappa shape index (κ1) is 19.6. The number of rotatable bonds is 9. The maximum absolute atomic E-state index is 12.5. The molecule has 1 unspecified atom stereocenters. The van der Waals surface area contributed by atoms with Gasteiger partial charge >= 0.3 is 11.9 Å². The van der Waals surface area contributed by atoms with E-state index in [1.165, 1.54) is 4.90 Å². The molecule has 0 bridgehead atoms. The molecule has 7 heteroatoms. The van der Waals surface area contributed by atoms with Crippen molar-refractivity contribution in [2.45, 2.75) is 45.4 Å². The predicted octanol–water partition coefficient (Wildman–Crippen LogP) is 1.66. The van der Waals surface area contributed by atoms with Crippen molar-refractivity contribution in [2.24, 2.45) is 5.92 Å². The van der Waals surface area contributed by atoms with E-state index in [9.17, 15) is 19.2 Å². The number of nitrogens with zero attached hydrogens (tertiary/aromatic N) is 1. The zero-order chi connectivity index (χ0) is 19.3. The number of unbranched alkanes of at least 4 members (excludes halogenated alkanes) is 1. The van der Waals surface area contributed by atoms with E-state index in [1.54, 1.807) is 18.2 Å². The van der Waals surface area contributed by atoms with E-state index in [0.29, 0.717) is 23.2 Å². The minimum absolute atomic E-state index is 0.131. The van der Waals surface area contributed by atoms with E-state index in [2.05, 4.69) is 0 Å². The topological polar surface area (TPSA) is 112 Å². The molecule has 2 amide bonds. The maximum atomic E-state index is 12.5. The molecule has 140 valence electrons. The van der Waals surface area contributed by atoms with Crippen molar-refractivity contribution in [1.29, 1.82) is 0 Å². The van der Waals surface area contributed by atoms with Crippen LogP contribution >= 0.6 is 0 Å². The molecule has 0 radical (unpaired) electrons. The Morgan fingerprint density at radius 2 is 1.81 bits per heavy atom. The van der Waals surface area contributed by atoms with Crippen LogP contribution in [-0.2, 0) is 38.4 Å². The van der Waals surface area contributed by atoms with E-state index < -0.39 is 17.9 Å². The van der Waals surface area contributed by atoms with Crippen molar-refractivity contribution >= 4 is 23.8 Å². The number of carboxylic acids is 2. The summed E-state index contributed by atoms with van der Waals surface area (Å²) >= 11 is 0. The molecule has 0 spiro atoms. The molecule has 2 rings (SSSR count). The Morgan fingerprint density at radius 3 is 2.42 bits per heavy atom. The number of hydrogen-bond acceptors (Lipinski definition) is 4. The molecule has 0 aromatic heterocycles. The highest BCUT2D eigenvalue weighted by molar-refractivity contribution is 6.03. The number of carbonyl (C=O) groups is 4. The Balaban J connectivity index is 2.19. The Kier molecular flexibility index (Phi) is 6.49. The van der Waals surface area contributed by atoms with E-state index in [0.717, 1.165) is 12.8 Å². The van der Waals surface area contributed by atoms with Crippen LogP contribution in [0.5, 0.6) is 0 Å². The molecule has 1 aliphatic rings. The molecule has 1 saturated heterocycles. The molecule has 1 aromatic carbocycles. The van der Waals surface area contributed by atoms with Gasteiger partial charge in [0.2, 0.25) is 11.8 Å². The van der Waals surface area contributed by atoms with Crippen LogP contribution in [0, 0.1) is 5.92 Å². The van der Waals surface area contributed by atoms with Gasteiger partial charge in [0.25, 0.3) is 0 Å². The van der Waals surface area contributed by atoms with Gasteiger partial charge in [-0.1, -0.05) is 31.5 Å². The summed E-state index contributed by atoms with van der Waals surface area (Å²) in [7, 11) is 0. The number of imide groups is 1. The lowest BCUT2D eigenvalue weighted by atomic mass is 9.91. The maximum Gasteiger partial charge on any atom is 0.307 e. The van der Waals surface area contributed by atoms with Gasteiger partial charge in [-0.15, -0.1) is 0 Å². The molecule has 1 aliphatic heterocycles. The minimum atomic E-state index is -1.03. The van der Waals surface area contributed by atoms with Crippen molar-refractivity contribution in [2.75, 3.05) is 6.54 Å². The van der Waals surface area contributed by atoms with Gasteiger partial charge in [-0.3, -0.25) is 24.1 Å². The molecule has 0 saturated carbocycles. The molecule has 1 heterocycles. The van der Waals surface area contributed by atoms with Crippen LogP contribution in [0.2, 0.25) is 0 Å². The highest BCUT2D eigenvalue weighted by Gasteiger charge is 2.38. The van der Waals surface area contributed by atoms with E-state index in [1.807, 2.05) is 6.92 Å².